The molecule has 1 aromatic rings. The minimum Gasteiger partial charge on any atom is -0.339 e. The van der Waals surface area contributed by atoms with Gasteiger partial charge in [-0.3, -0.25) is 4.79 Å². The average Bonchev–Trinajstić information content (AvgIpc) is 3.01. The molecule has 21 heavy (non-hydrogen) atoms. The summed E-state index contributed by atoms with van der Waals surface area (Å²) in [5.41, 5.74) is 0.524. The maximum absolute atomic E-state index is 11.9. The van der Waals surface area contributed by atoms with E-state index in [0.29, 0.717) is 5.56 Å². The van der Waals surface area contributed by atoms with E-state index in [1.807, 2.05) is 13.8 Å². The SMILES string of the molecule is CC(C)C=O.NS(=O)c1ccc(C(=O)N2CCCC2)cn1. The number of aldehydes is 1. The average molecular weight is 311 g/mol. The van der Waals surface area contributed by atoms with Gasteiger partial charge in [0.15, 0.2) is 0 Å². The molecule has 1 atom stereocenters. The first-order chi connectivity index (χ1) is 9.95. The van der Waals surface area contributed by atoms with Gasteiger partial charge in [-0.2, -0.15) is 0 Å². The van der Waals surface area contributed by atoms with E-state index in [1.165, 1.54) is 12.3 Å². The van der Waals surface area contributed by atoms with Crippen LogP contribution in [0.3, 0.4) is 0 Å². The van der Waals surface area contributed by atoms with Crippen LogP contribution in [0.2, 0.25) is 0 Å². The number of carbonyl (C=O) groups excluding carboxylic acids is 2. The molecule has 1 unspecified atom stereocenters. The summed E-state index contributed by atoms with van der Waals surface area (Å²) in [4.78, 5) is 27.1. The molecule has 1 aromatic heterocycles. The number of likely N-dealkylation sites (tertiary alicyclic amines) is 1. The highest BCUT2D eigenvalue weighted by molar-refractivity contribution is 7.82. The van der Waals surface area contributed by atoms with Crippen molar-refractivity contribution < 1.29 is 13.8 Å². The summed E-state index contributed by atoms with van der Waals surface area (Å²) in [6.45, 7) is 5.33. The van der Waals surface area contributed by atoms with Gasteiger partial charge in [-0.15, -0.1) is 0 Å². The van der Waals surface area contributed by atoms with Gasteiger partial charge in [-0.25, -0.2) is 14.3 Å². The van der Waals surface area contributed by atoms with E-state index in [2.05, 4.69) is 4.98 Å². The maximum atomic E-state index is 11.9. The van der Waals surface area contributed by atoms with Gasteiger partial charge in [0.2, 0.25) is 0 Å². The molecule has 1 amide bonds. The van der Waals surface area contributed by atoms with Crippen LogP contribution in [-0.2, 0) is 15.8 Å². The Morgan fingerprint density at radius 3 is 2.33 bits per heavy atom. The van der Waals surface area contributed by atoms with Crippen molar-refractivity contribution in [1.29, 1.82) is 0 Å². The molecule has 1 saturated heterocycles. The van der Waals surface area contributed by atoms with Crippen molar-refractivity contribution >= 4 is 23.2 Å². The van der Waals surface area contributed by atoms with Gasteiger partial charge < -0.3 is 9.69 Å². The third kappa shape index (κ3) is 5.73. The van der Waals surface area contributed by atoms with E-state index in [-0.39, 0.29) is 16.9 Å². The molecule has 1 aliphatic heterocycles. The van der Waals surface area contributed by atoms with Crippen molar-refractivity contribution in [3.63, 3.8) is 0 Å². The lowest BCUT2D eigenvalue weighted by Gasteiger charge is -2.14. The molecule has 0 saturated carbocycles. The first-order valence-electron chi connectivity index (χ1n) is 6.82. The smallest absolute Gasteiger partial charge is 0.255 e. The fourth-order valence-electron chi connectivity index (χ4n) is 1.73. The fraction of sp³-hybridized carbons (Fsp3) is 0.500. The number of pyridine rings is 1. The molecule has 0 spiro atoms. The van der Waals surface area contributed by atoms with Gasteiger partial charge in [0.25, 0.3) is 5.91 Å². The van der Waals surface area contributed by atoms with Crippen LogP contribution < -0.4 is 5.14 Å². The Hall–Kier alpha value is -1.60. The van der Waals surface area contributed by atoms with Gasteiger partial charge in [-0.05, 0) is 25.0 Å². The van der Waals surface area contributed by atoms with E-state index in [0.717, 1.165) is 32.2 Å². The van der Waals surface area contributed by atoms with E-state index < -0.39 is 11.0 Å². The van der Waals surface area contributed by atoms with Gasteiger partial charge in [-0.1, -0.05) is 13.8 Å². The summed E-state index contributed by atoms with van der Waals surface area (Å²) in [6, 6.07) is 3.15. The second-order valence-corrected chi connectivity index (χ2v) is 6.08. The molecule has 7 heteroatoms. The molecule has 0 bridgehead atoms. The molecular formula is C14H21N3O3S. The lowest BCUT2D eigenvalue weighted by atomic mass is 10.2. The van der Waals surface area contributed by atoms with Gasteiger partial charge in [0, 0.05) is 25.2 Å². The van der Waals surface area contributed by atoms with Gasteiger partial charge in [0.1, 0.15) is 22.3 Å². The Bertz CT molecular complexity index is 497. The second-order valence-electron chi connectivity index (χ2n) is 5.06. The summed E-state index contributed by atoms with van der Waals surface area (Å²) in [7, 11) is -1.59. The molecular weight excluding hydrogens is 290 g/mol. The number of hydrogen-bond acceptors (Lipinski definition) is 4. The first kappa shape index (κ1) is 17.5. The summed E-state index contributed by atoms with van der Waals surface area (Å²) >= 11 is 0. The van der Waals surface area contributed by atoms with E-state index >= 15 is 0 Å². The number of nitrogens with zero attached hydrogens (tertiary/aromatic N) is 2. The lowest BCUT2D eigenvalue weighted by molar-refractivity contribution is -0.110. The predicted molar refractivity (Wildman–Crippen MR) is 80.9 cm³/mol. The first-order valence-corrected chi connectivity index (χ1v) is 8.03. The molecule has 6 nitrogen and oxygen atoms in total. The number of amides is 1. The van der Waals surface area contributed by atoms with Crippen LogP contribution in [0.4, 0.5) is 0 Å². The van der Waals surface area contributed by atoms with Crippen molar-refractivity contribution in [2.45, 2.75) is 31.7 Å². The number of rotatable bonds is 3. The highest BCUT2D eigenvalue weighted by atomic mass is 32.2. The third-order valence-corrected chi connectivity index (χ3v) is 3.51. The third-order valence-electron chi connectivity index (χ3n) is 2.85. The minimum atomic E-state index is -1.59. The van der Waals surface area contributed by atoms with Crippen LogP contribution >= 0.6 is 0 Å². The Morgan fingerprint density at radius 2 is 1.95 bits per heavy atom. The summed E-state index contributed by atoms with van der Waals surface area (Å²) in [6.07, 6.45) is 4.47. The van der Waals surface area contributed by atoms with Crippen LogP contribution in [0.15, 0.2) is 23.4 Å². The van der Waals surface area contributed by atoms with Crippen molar-refractivity contribution in [3.05, 3.63) is 23.9 Å². The monoisotopic (exact) mass is 311 g/mol. The lowest BCUT2D eigenvalue weighted by Crippen LogP contribution is -2.27. The standard InChI is InChI=1S/C10H13N3O2S.C4H8O/c11-16(15)9-4-3-8(7-12-9)10(14)13-5-1-2-6-13;1-4(2)3-5/h3-4,7H,1-2,5-6,11H2;3-4H,1-2H3. The Balaban J connectivity index is 0.000000383. The zero-order valence-electron chi connectivity index (χ0n) is 12.3. The van der Waals surface area contributed by atoms with Gasteiger partial charge >= 0.3 is 0 Å². The summed E-state index contributed by atoms with van der Waals surface area (Å²) in [5, 5.41) is 5.47. The van der Waals surface area contributed by atoms with Crippen molar-refractivity contribution in [3.8, 4) is 0 Å². The number of carbonyl (C=O) groups is 2. The summed E-state index contributed by atoms with van der Waals surface area (Å²) in [5.74, 6) is 0.189. The van der Waals surface area contributed by atoms with Crippen LogP contribution in [-0.4, -0.2) is 39.4 Å². The largest absolute Gasteiger partial charge is 0.339 e. The minimum absolute atomic E-state index is 0.0145. The molecule has 1 aliphatic rings. The number of hydrogen-bond donors (Lipinski definition) is 1. The normalized spacial score (nSPS) is 15.3. The van der Waals surface area contributed by atoms with E-state index in [1.54, 1.807) is 11.0 Å². The zero-order valence-corrected chi connectivity index (χ0v) is 13.1. The Kier molecular flexibility index (Phi) is 7.18. The van der Waals surface area contributed by atoms with Crippen molar-refractivity contribution in [2.75, 3.05) is 13.1 Å². The van der Waals surface area contributed by atoms with Crippen LogP contribution in [0, 0.1) is 5.92 Å². The predicted octanol–water partition coefficient (Wildman–Crippen LogP) is 1.14. The molecule has 2 rings (SSSR count). The maximum Gasteiger partial charge on any atom is 0.255 e. The quantitative estimate of drug-likeness (QED) is 0.847. The Labute approximate surface area is 127 Å². The van der Waals surface area contributed by atoms with Crippen molar-refractivity contribution in [1.82, 2.24) is 9.88 Å². The second kappa shape index (κ2) is 8.63. The highest BCUT2D eigenvalue weighted by Gasteiger charge is 2.19. The zero-order chi connectivity index (χ0) is 15.8. The van der Waals surface area contributed by atoms with Crippen LogP contribution in [0.5, 0.6) is 0 Å². The van der Waals surface area contributed by atoms with Crippen molar-refractivity contribution in [2.24, 2.45) is 11.1 Å². The summed E-state index contributed by atoms with van der Waals surface area (Å²) < 4.78 is 10.9. The molecule has 0 aliphatic carbocycles. The number of aromatic nitrogens is 1. The molecule has 0 aromatic carbocycles. The fourth-order valence-corrected chi connectivity index (χ4v) is 2.09. The van der Waals surface area contributed by atoms with E-state index in [4.69, 9.17) is 5.14 Å². The van der Waals surface area contributed by atoms with E-state index in [9.17, 15) is 13.8 Å². The molecule has 2 heterocycles. The molecule has 1 fully saturated rings. The number of nitrogens with two attached hydrogens (primary N) is 1. The highest BCUT2D eigenvalue weighted by Crippen LogP contribution is 2.12. The van der Waals surface area contributed by atoms with Gasteiger partial charge in [0.05, 0.1) is 5.56 Å². The topological polar surface area (TPSA) is 93.4 Å². The molecule has 2 N–H and O–H groups in total. The molecule has 0 radical (unpaired) electrons. The molecule has 116 valence electrons. The van der Waals surface area contributed by atoms with Crippen LogP contribution in [0.1, 0.15) is 37.0 Å². The van der Waals surface area contributed by atoms with Crippen LogP contribution in [0.25, 0.3) is 0 Å². The Morgan fingerprint density at radius 1 is 1.38 bits per heavy atom.